The molecule has 4 nitrogen and oxygen atoms in total. The van der Waals surface area contributed by atoms with E-state index in [0.717, 1.165) is 37.6 Å². The molecule has 0 unspecified atom stereocenters. The first-order valence-corrected chi connectivity index (χ1v) is 9.16. The van der Waals surface area contributed by atoms with E-state index in [-0.39, 0.29) is 0 Å². The second-order valence-corrected chi connectivity index (χ2v) is 6.35. The molecule has 2 aromatic rings. The van der Waals surface area contributed by atoms with Crippen molar-refractivity contribution in [2.75, 3.05) is 25.5 Å². The highest BCUT2D eigenvalue weighted by Gasteiger charge is 2.09. The summed E-state index contributed by atoms with van der Waals surface area (Å²) in [4.78, 5) is 1.58. The maximum Gasteiger partial charge on any atom is 0.171 e. The number of thiocarbonyl (C=S) groups is 1. The first-order valence-electron chi connectivity index (χ1n) is 8.75. The van der Waals surface area contributed by atoms with Crippen LogP contribution in [-0.4, -0.2) is 25.3 Å². The molecule has 0 aliphatic rings. The zero-order valence-electron chi connectivity index (χ0n) is 15.3. The van der Waals surface area contributed by atoms with Gasteiger partial charge in [-0.2, -0.15) is 0 Å². The van der Waals surface area contributed by atoms with Crippen molar-refractivity contribution in [1.82, 2.24) is 5.32 Å². The Morgan fingerprint density at radius 3 is 2.24 bits per heavy atom. The minimum Gasteiger partial charge on any atom is -0.497 e. The van der Waals surface area contributed by atoms with E-state index >= 15 is 0 Å². The van der Waals surface area contributed by atoms with Crippen LogP contribution in [-0.2, 0) is 13.1 Å². The van der Waals surface area contributed by atoms with Gasteiger partial charge in [-0.05, 0) is 55.9 Å². The van der Waals surface area contributed by atoms with E-state index in [2.05, 4.69) is 48.7 Å². The van der Waals surface area contributed by atoms with Gasteiger partial charge >= 0.3 is 0 Å². The summed E-state index contributed by atoms with van der Waals surface area (Å²) in [6.07, 6.45) is 0. The van der Waals surface area contributed by atoms with Crippen molar-refractivity contribution in [2.45, 2.75) is 26.9 Å². The summed E-state index contributed by atoms with van der Waals surface area (Å²) in [5, 5.41) is 7.13. The largest absolute Gasteiger partial charge is 0.497 e. The van der Waals surface area contributed by atoms with Crippen molar-refractivity contribution in [3.63, 3.8) is 0 Å². The summed E-state index contributed by atoms with van der Waals surface area (Å²) < 4.78 is 5.16. The van der Waals surface area contributed by atoms with E-state index in [0.29, 0.717) is 5.11 Å². The standard InChI is InChI=1S/C20H27N3OS/c1-4-23(5-2)15-17-9-7-6-8-16(17)14-21-20(25)22-18-10-12-19(24-3)13-11-18/h6-13H,4-5,14-15H2,1-3H3,(H2,21,22,25)/p+1. The fourth-order valence-electron chi connectivity index (χ4n) is 2.70. The van der Waals surface area contributed by atoms with Crippen LogP contribution >= 0.6 is 12.2 Å². The first-order chi connectivity index (χ1) is 12.2. The molecule has 0 bridgehead atoms. The molecule has 0 aromatic heterocycles. The third-order valence-corrected chi connectivity index (χ3v) is 4.59. The molecule has 0 spiro atoms. The number of methoxy groups -OCH3 is 1. The first kappa shape index (κ1) is 19.2. The predicted octanol–water partition coefficient (Wildman–Crippen LogP) is 2.61. The van der Waals surface area contributed by atoms with Gasteiger partial charge in [-0.25, -0.2) is 0 Å². The van der Waals surface area contributed by atoms with Gasteiger partial charge in [0.15, 0.2) is 5.11 Å². The molecule has 2 aromatic carbocycles. The summed E-state index contributed by atoms with van der Waals surface area (Å²) >= 11 is 5.41. The summed E-state index contributed by atoms with van der Waals surface area (Å²) in [6.45, 7) is 8.50. The summed E-state index contributed by atoms with van der Waals surface area (Å²) in [7, 11) is 1.66. The summed E-state index contributed by atoms with van der Waals surface area (Å²) in [5.74, 6) is 0.831. The van der Waals surface area contributed by atoms with Gasteiger partial charge in [-0.3, -0.25) is 0 Å². The Kier molecular flexibility index (Phi) is 7.70. The average molecular weight is 359 g/mol. The second kappa shape index (κ2) is 10.0. The Balaban J connectivity index is 1.92. The topological polar surface area (TPSA) is 37.7 Å². The summed E-state index contributed by atoms with van der Waals surface area (Å²) in [6, 6.07) is 16.3. The van der Waals surface area contributed by atoms with E-state index in [9.17, 15) is 0 Å². The minimum absolute atomic E-state index is 0.621. The van der Waals surface area contributed by atoms with Gasteiger partial charge < -0.3 is 20.3 Å². The number of anilines is 1. The Morgan fingerprint density at radius 2 is 1.64 bits per heavy atom. The third kappa shape index (κ3) is 6.03. The van der Waals surface area contributed by atoms with Crippen LogP contribution in [0.3, 0.4) is 0 Å². The van der Waals surface area contributed by atoms with E-state index in [4.69, 9.17) is 17.0 Å². The highest BCUT2D eigenvalue weighted by Crippen LogP contribution is 2.15. The quantitative estimate of drug-likeness (QED) is 0.634. The van der Waals surface area contributed by atoms with Crippen molar-refractivity contribution in [3.05, 3.63) is 59.7 Å². The molecular weight excluding hydrogens is 330 g/mol. The van der Waals surface area contributed by atoms with Crippen molar-refractivity contribution >= 4 is 23.0 Å². The van der Waals surface area contributed by atoms with Crippen LogP contribution in [0, 0.1) is 0 Å². The zero-order chi connectivity index (χ0) is 18.1. The molecule has 0 atom stereocenters. The van der Waals surface area contributed by atoms with Crippen LogP contribution < -0.4 is 20.3 Å². The Morgan fingerprint density at radius 1 is 1.00 bits per heavy atom. The fraction of sp³-hybridized carbons (Fsp3) is 0.350. The maximum absolute atomic E-state index is 5.41. The molecule has 0 aliphatic heterocycles. The van der Waals surface area contributed by atoms with Crippen LogP contribution in [0.5, 0.6) is 5.75 Å². The Hall–Kier alpha value is -2.11. The number of benzene rings is 2. The number of quaternary nitrogens is 1. The van der Waals surface area contributed by atoms with Crippen molar-refractivity contribution < 1.29 is 9.64 Å². The summed E-state index contributed by atoms with van der Waals surface area (Å²) in [5.41, 5.74) is 3.61. The molecule has 3 N–H and O–H groups in total. The molecule has 0 amide bonds. The fourth-order valence-corrected chi connectivity index (χ4v) is 2.89. The molecule has 0 fully saturated rings. The van der Waals surface area contributed by atoms with Gasteiger partial charge in [-0.1, -0.05) is 24.3 Å². The maximum atomic E-state index is 5.41. The van der Waals surface area contributed by atoms with Gasteiger partial charge in [0.2, 0.25) is 0 Å². The lowest BCUT2D eigenvalue weighted by molar-refractivity contribution is -0.910. The zero-order valence-corrected chi connectivity index (χ0v) is 16.1. The molecule has 0 saturated heterocycles. The van der Waals surface area contributed by atoms with Crippen LogP contribution in [0.1, 0.15) is 25.0 Å². The van der Waals surface area contributed by atoms with E-state index in [1.807, 2.05) is 24.3 Å². The minimum atomic E-state index is 0.621. The highest BCUT2D eigenvalue weighted by molar-refractivity contribution is 7.80. The molecule has 0 saturated carbocycles. The molecule has 0 radical (unpaired) electrons. The second-order valence-electron chi connectivity index (χ2n) is 5.94. The number of hydrogen-bond donors (Lipinski definition) is 3. The lowest BCUT2D eigenvalue weighted by atomic mass is 10.1. The van der Waals surface area contributed by atoms with Gasteiger partial charge in [0.25, 0.3) is 0 Å². The lowest BCUT2D eigenvalue weighted by Gasteiger charge is -2.18. The molecular formula is C20H28N3OS+. The van der Waals surface area contributed by atoms with Crippen LogP contribution in [0.25, 0.3) is 0 Å². The van der Waals surface area contributed by atoms with Crippen molar-refractivity contribution in [2.24, 2.45) is 0 Å². The molecule has 0 aliphatic carbocycles. The number of ether oxygens (including phenoxy) is 1. The van der Waals surface area contributed by atoms with Crippen LogP contribution in [0.4, 0.5) is 5.69 Å². The van der Waals surface area contributed by atoms with E-state index < -0.39 is 0 Å². The molecule has 134 valence electrons. The number of hydrogen-bond acceptors (Lipinski definition) is 2. The van der Waals surface area contributed by atoms with Crippen LogP contribution in [0.2, 0.25) is 0 Å². The molecule has 5 heteroatoms. The van der Waals surface area contributed by atoms with Gasteiger partial charge in [0, 0.05) is 17.8 Å². The van der Waals surface area contributed by atoms with Crippen molar-refractivity contribution in [3.8, 4) is 5.75 Å². The Bertz CT molecular complexity index is 669. The Labute approximate surface area is 156 Å². The van der Waals surface area contributed by atoms with Crippen molar-refractivity contribution in [1.29, 1.82) is 0 Å². The average Bonchev–Trinajstić information content (AvgIpc) is 2.65. The number of rotatable bonds is 8. The van der Waals surface area contributed by atoms with Crippen LogP contribution in [0.15, 0.2) is 48.5 Å². The monoisotopic (exact) mass is 358 g/mol. The number of nitrogens with one attached hydrogen (secondary N) is 3. The third-order valence-electron chi connectivity index (χ3n) is 4.35. The van der Waals surface area contributed by atoms with E-state index in [1.54, 1.807) is 12.0 Å². The predicted molar refractivity (Wildman–Crippen MR) is 108 cm³/mol. The molecule has 0 heterocycles. The smallest absolute Gasteiger partial charge is 0.171 e. The lowest BCUT2D eigenvalue weighted by Crippen LogP contribution is -3.10. The molecule has 2 rings (SSSR count). The van der Waals surface area contributed by atoms with Gasteiger partial charge in [0.05, 0.1) is 20.2 Å². The SMILES string of the molecule is CC[NH+](CC)Cc1ccccc1CNC(=S)Nc1ccc(OC)cc1. The highest BCUT2D eigenvalue weighted by atomic mass is 32.1. The van der Waals surface area contributed by atoms with Gasteiger partial charge in [0.1, 0.15) is 12.3 Å². The van der Waals surface area contributed by atoms with E-state index in [1.165, 1.54) is 11.1 Å². The normalized spacial score (nSPS) is 10.6. The van der Waals surface area contributed by atoms with Gasteiger partial charge in [-0.15, -0.1) is 0 Å². The molecule has 25 heavy (non-hydrogen) atoms.